The molecule has 0 aromatic rings. The van der Waals surface area contributed by atoms with Crippen LogP contribution in [-0.2, 0) is 24.0 Å². The van der Waals surface area contributed by atoms with Crippen LogP contribution in [0.1, 0.15) is 193 Å². The molecule has 0 amide bonds. The summed E-state index contributed by atoms with van der Waals surface area (Å²) in [5.41, 5.74) is -1.48. The molecule has 0 aliphatic rings. The van der Waals surface area contributed by atoms with Crippen LogP contribution >= 0.6 is 0 Å². The van der Waals surface area contributed by atoms with Crippen LogP contribution in [0.2, 0.25) is 0 Å². The fourth-order valence-electron chi connectivity index (χ4n) is 3.91. The van der Waals surface area contributed by atoms with E-state index in [9.17, 15) is 24.0 Å². The summed E-state index contributed by atoms with van der Waals surface area (Å²) in [4.78, 5) is 52.0. The fourth-order valence-corrected chi connectivity index (χ4v) is 3.91. The first-order chi connectivity index (χ1) is 23.2. The lowest BCUT2D eigenvalue weighted by molar-refractivity contribution is -0.149. The number of unbranched alkanes of at least 4 members (excludes halogenated alkanes) is 7. The Morgan fingerprint density at radius 1 is 0.540 bits per heavy atom. The summed E-state index contributed by atoms with van der Waals surface area (Å²) >= 11 is 0. The van der Waals surface area contributed by atoms with Gasteiger partial charge >= 0.3 is 23.9 Å². The highest BCUT2D eigenvalue weighted by atomic mass is 16.4. The van der Waals surface area contributed by atoms with Crippen molar-refractivity contribution >= 4 is 30.2 Å². The monoisotopic (exact) mass is 717 g/mol. The third-order valence-corrected chi connectivity index (χ3v) is 9.89. The third kappa shape index (κ3) is 31.3. The predicted molar refractivity (Wildman–Crippen MR) is 208 cm³/mol. The first-order valence-electron chi connectivity index (χ1n) is 19.2. The lowest BCUT2D eigenvalue weighted by Crippen LogP contribution is -2.26. The summed E-state index contributed by atoms with van der Waals surface area (Å²) in [7, 11) is 0. The molecule has 0 aliphatic carbocycles. The number of carbonyl (C=O) groups excluding carboxylic acids is 1. The molecule has 3 atom stereocenters. The average Bonchev–Trinajstić information content (AvgIpc) is 3.08. The van der Waals surface area contributed by atoms with Crippen LogP contribution in [0.4, 0.5) is 0 Å². The summed E-state index contributed by atoms with van der Waals surface area (Å²) < 4.78 is 0. The molecule has 0 radical (unpaired) electrons. The highest BCUT2D eigenvalue weighted by Crippen LogP contribution is 2.29. The Kier molecular flexibility index (Phi) is 39.4. The Morgan fingerprint density at radius 3 is 1.10 bits per heavy atom. The van der Waals surface area contributed by atoms with Gasteiger partial charge in [-0.1, -0.05) is 133 Å². The van der Waals surface area contributed by atoms with Crippen molar-refractivity contribution in [1.82, 2.24) is 0 Å². The van der Waals surface area contributed by atoms with Crippen LogP contribution in [0.25, 0.3) is 0 Å². The van der Waals surface area contributed by atoms with Gasteiger partial charge in [-0.25, -0.2) is 0 Å². The summed E-state index contributed by atoms with van der Waals surface area (Å²) in [6, 6.07) is 0. The number of carboxylic acids is 4. The number of aldehydes is 1. The molecule has 0 bridgehead atoms. The summed E-state index contributed by atoms with van der Waals surface area (Å²) in [6.45, 7) is 25.1. The zero-order valence-electron chi connectivity index (χ0n) is 34.5. The number of carboxylic acid groups (broad SMARTS) is 4. The van der Waals surface area contributed by atoms with Gasteiger partial charge in [0.25, 0.3) is 0 Å². The second-order valence-corrected chi connectivity index (χ2v) is 14.4. The van der Waals surface area contributed by atoms with Crippen LogP contribution in [0, 0.1) is 28.1 Å². The van der Waals surface area contributed by atoms with Crippen molar-refractivity contribution < 1.29 is 44.4 Å². The van der Waals surface area contributed by atoms with Gasteiger partial charge < -0.3 is 20.4 Å². The van der Waals surface area contributed by atoms with Gasteiger partial charge in [0, 0.05) is 0 Å². The van der Waals surface area contributed by atoms with Gasteiger partial charge in [0.1, 0.15) is 6.29 Å². The summed E-state index contributed by atoms with van der Waals surface area (Å²) in [5.74, 6) is -2.66. The fraction of sp³-hybridized carbons (Fsp3) is 0.829. The Morgan fingerprint density at radius 2 is 0.880 bits per heavy atom. The Hall–Kier alpha value is -2.71. The van der Waals surface area contributed by atoms with Crippen molar-refractivity contribution in [1.29, 1.82) is 0 Å². The van der Waals surface area contributed by atoms with Gasteiger partial charge in [0.15, 0.2) is 0 Å². The van der Waals surface area contributed by atoms with Crippen molar-refractivity contribution in [3.8, 4) is 0 Å². The Labute approximate surface area is 307 Å². The van der Waals surface area contributed by atoms with Gasteiger partial charge in [0.05, 0.1) is 22.2 Å². The van der Waals surface area contributed by atoms with E-state index in [1.165, 1.54) is 31.8 Å². The Balaban J connectivity index is -0.000000173. The molecule has 50 heavy (non-hydrogen) atoms. The van der Waals surface area contributed by atoms with E-state index in [0.717, 1.165) is 70.5 Å². The van der Waals surface area contributed by atoms with Crippen molar-refractivity contribution in [3.05, 3.63) is 12.2 Å². The predicted octanol–water partition coefficient (Wildman–Crippen LogP) is 11.7. The van der Waals surface area contributed by atoms with E-state index in [1.807, 2.05) is 61.5 Å². The summed E-state index contributed by atoms with van der Waals surface area (Å²) in [6.07, 6.45) is 20.2. The van der Waals surface area contributed by atoms with E-state index < -0.39 is 40.1 Å². The van der Waals surface area contributed by atoms with Crippen LogP contribution in [-0.4, -0.2) is 50.6 Å². The molecule has 0 fully saturated rings. The lowest BCUT2D eigenvalue weighted by atomic mass is 9.82. The van der Waals surface area contributed by atoms with Gasteiger partial charge in [-0.3, -0.25) is 24.0 Å². The molecule has 298 valence electrons. The molecule has 9 nitrogen and oxygen atoms in total. The first-order valence-corrected chi connectivity index (χ1v) is 19.2. The molecule has 0 saturated heterocycles. The zero-order chi connectivity index (χ0) is 40.4. The number of aliphatic carboxylic acids is 4. The maximum Gasteiger partial charge on any atom is 0.309 e. The van der Waals surface area contributed by atoms with Gasteiger partial charge in [-0.05, 0) is 77.7 Å². The first kappa shape index (κ1) is 56.7. The van der Waals surface area contributed by atoms with Crippen molar-refractivity contribution in [3.63, 3.8) is 0 Å². The van der Waals surface area contributed by atoms with E-state index in [0.29, 0.717) is 12.8 Å². The van der Waals surface area contributed by atoms with Crippen molar-refractivity contribution in [2.24, 2.45) is 28.1 Å². The number of hydrogen-bond donors (Lipinski definition) is 4. The van der Waals surface area contributed by atoms with E-state index in [-0.39, 0.29) is 11.8 Å². The molecular formula is C41H80O9. The third-order valence-electron chi connectivity index (χ3n) is 9.89. The van der Waals surface area contributed by atoms with Gasteiger partial charge in [-0.15, -0.1) is 0 Å². The summed E-state index contributed by atoms with van der Waals surface area (Å²) in [5, 5.41) is 35.0. The standard InChI is InChI=1S/C12H24O2.C10H20O2.C7H14O2.C6H12O2.C6H10O/c1-4-6-7-8-9-10-12(3,5-2)11(13)14;1-4-6-7-8-10(3,5-2)9(11)12;1-4-7(3,5-2)6(8)9;1-4(2)5(3)6(7)8;1-2-3-4-5-6-7/h4-10H2,1-3H3,(H,13,14);4-8H2,1-3H3,(H,11,12);4-5H2,1-3H3,(H,8,9);4-5H,1-3H3,(H,7,8);4-6H,2-3H2,1H3. The highest BCUT2D eigenvalue weighted by molar-refractivity contribution is 5.74. The van der Waals surface area contributed by atoms with Crippen LogP contribution in [0.3, 0.4) is 0 Å². The molecule has 0 spiro atoms. The van der Waals surface area contributed by atoms with Crippen LogP contribution < -0.4 is 0 Å². The number of allylic oxidation sites excluding steroid dienone is 2. The number of hydrogen-bond acceptors (Lipinski definition) is 5. The normalized spacial score (nSPS) is 13.6. The molecule has 0 aromatic carbocycles. The van der Waals surface area contributed by atoms with Crippen molar-refractivity contribution in [2.45, 2.75) is 193 Å². The van der Waals surface area contributed by atoms with Crippen LogP contribution in [0.15, 0.2) is 12.2 Å². The maximum atomic E-state index is 11.0. The second kappa shape index (κ2) is 34.7. The van der Waals surface area contributed by atoms with E-state index in [4.69, 9.17) is 20.4 Å². The molecule has 0 rings (SSSR count). The maximum absolute atomic E-state index is 11.0. The van der Waals surface area contributed by atoms with Gasteiger partial charge in [0.2, 0.25) is 0 Å². The van der Waals surface area contributed by atoms with Crippen LogP contribution in [0.5, 0.6) is 0 Å². The molecular weight excluding hydrogens is 636 g/mol. The molecule has 4 N–H and O–H groups in total. The minimum absolute atomic E-state index is 0.213. The highest BCUT2D eigenvalue weighted by Gasteiger charge is 2.31. The molecule has 0 aromatic heterocycles. The molecule has 3 unspecified atom stereocenters. The number of carbonyl (C=O) groups is 5. The molecule has 0 heterocycles. The SMILES string of the molecule is CC(C)C(C)C(=O)O.CCC(C)(CC)C(=O)O.CCCC=CC=O.CCCCCC(C)(CC)C(=O)O.CCCCCCCC(C)(CC)C(=O)O. The van der Waals surface area contributed by atoms with E-state index in [1.54, 1.807) is 13.8 Å². The topological polar surface area (TPSA) is 166 Å². The average molecular weight is 717 g/mol. The second-order valence-electron chi connectivity index (χ2n) is 14.4. The minimum Gasteiger partial charge on any atom is -0.481 e. The minimum atomic E-state index is -0.708. The quantitative estimate of drug-likeness (QED) is 0.0484. The number of rotatable bonds is 22. The molecule has 9 heteroatoms. The molecule has 0 saturated carbocycles. The van der Waals surface area contributed by atoms with Crippen molar-refractivity contribution in [2.75, 3.05) is 0 Å². The molecule has 0 aliphatic heterocycles. The van der Waals surface area contributed by atoms with Gasteiger partial charge in [-0.2, -0.15) is 0 Å². The lowest BCUT2D eigenvalue weighted by Gasteiger charge is -2.22. The largest absolute Gasteiger partial charge is 0.481 e. The van der Waals surface area contributed by atoms with E-state index in [2.05, 4.69) is 20.8 Å². The zero-order valence-corrected chi connectivity index (χ0v) is 34.5. The Bertz CT molecular complexity index is 892. The van der Waals surface area contributed by atoms with E-state index >= 15 is 0 Å². The smallest absolute Gasteiger partial charge is 0.309 e.